The molecule has 0 radical (unpaired) electrons. The molecule has 0 aliphatic carbocycles. The van der Waals surface area contributed by atoms with E-state index in [1.807, 2.05) is 36.4 Å². The fraction of sp³-hybridized carbons (Fsp3) is 0. The molecule has 0 N–H and O–H groups in total. The van der Waals surface area contributed by atoms with Gasteiger partial charge in [-0.3, -0.25) is 0 Å². The first-order chi connectivity index (χ1) is 15.7. The zero-order valence-electron chi connectivity index (χ0n) is 16.7. The highest BCUT2D eigenvalue weighted by Gasteiger charge is 2.20. The molecule has 0 spiro atoms. The lowest BCUT2D eigenvalue weighted by Crippen LogP contribution is -2.08. The van der Waals surface area contributed by atoms with Crippen LogP contribution in [0, 0.1) is 0 Å². The molecule has 0 bridgehead atoms. The van der Waals surface area contributed by atoms with E-state index in [1.165, 1.54) is 0 Å². The Bertz CT molecular complexity index is 1200. The molecule has 0 saturated heterocycles. The minimum Gasteiger partial charge on any atom is -0.423 e. The monoisotopic (exact) mass is 456 g/mol. The van der Waals surface area contributed by atoms with E-state index in [2.05, 4.69) is 0 Å². The van der Waals surface area contributed by atoms with Crippen LogP contribution >= 0.6 is 23.5 Å². The maximum atomic E-state index is 12.3. The maximum absolute atomic E-state index is 12.3. The quantitative estimate of drug-likeness (QED) is 0.220. The number of hydrogen-bond acceptors (Lipinski definition) is 6. The van der Waals surface area contributed by atoms with Gasteiger partial charge >= 0.3 is 11.9 Å². The van der Waals surface area contributed by atoms with Gasteiger partial charge in [0, 0.05) is 19.6 Å². The van der Waals surface area contributed by atoms with Gasteiger partial charge in [-0.05, 0) is 60.7 Å². The Morgan fingerprint density at radius 3 is 1.31 bits per heavy atom. The van der Waals surface area contributed by atoms with Crippen LogP contribution < -0.4 is 9.47 Å². The Morgan fingerprint density at radius 1 is 0.500 bits per heavy atom. The molecule has 0 aromatic heterocycles. The minimum atomic E-state index is -0.385. The number of fused-ring (bicyclic) bond motifs is 2. The Balaban J connectivity index is 1.31. The number of rotatable bonds is 4. The number of benzene rings is 4. The third-order valence-electron chi connectivity index (χ3n) is 4.71. The van der Waals surface area contributed by atoms with Crippen molar-refractivity contribution in [2.45, 2.75) is 19.6 Å². The first-order valence-electron chi connectivity index (χ1n) is 9.84. The second-order valence-corrected chi connectivity index (χ2v) is 9.10. The van der Waals surface area contributed by atoms with Crippen LogP contribution in [0.3, 0.4) is 0 Å². The second kappa shape index (κ2) is 8.94. The van der Waals surface area contributed by atoms with E-state index in [0.29, 0.717) is 22.6 Å². The molecule has 1 heterocycles. The molecule has 0 amide bonds. The molecule has 4 aromatic rings. The van der Waals surface area contributed by atoms with Gasteiger partial charge in [0.25, 0.3) is 0 Å². The SMILES string of the molecule is O=C(Oc1ccc2c(c1)Sc1ccc(OC(=O)c3ccccc3)cc1S2)c1ccccc1. The van der Waals surface area contributed by atoms with Gasteiger partial charge in [-0.1, -0.05) is 59.9 Å². The van der Waals surface area contributed by atoms with Crippen LogP contribution in [0.4, 0.5) is 0 Å². The van der Waals surface area contributed by atoms with Crippen LogP contribution in [0.1, 0.15) is 20.7 Å². The van der Waals surface area contributed by atoms with Crippen molar-refractivity contribution in [3.05, 3.63) is 108 Å². The van der Waals surface area contributed by atoms with E-state index in [9.17, 15) is 9.59 Å². The van der Waals surface area contributed by atoms with Crippen molar-refractivity contribution in [2.75, 3.05) is 0 Å². The molecule has 6 heteroatoms. The third kappa shape index (κ3) is 4.42. The summed E-state index contributed by atoms with van der Waals surface area (Å²) in [6.45, 7) is 0. The summed E-state index contributed by atoms with van der Waals surface area (Å²) in [7, 11) is 0. The zero-order chi connectivity index (χ0) is 21.9. The standard InChI is InChI=1S/C26H16O4S2/c27-25(17-7-3-1-4-8-17)29-19-11-13-21-23(15-19)31-22-14-12-20(16-24(22)32-21)30-26(28)18-9-5-2-6-10-18/h1-16H. The molecule has 1 aliphatic heterocycles. The van der Waals surface area contributed by atoms with Crippen molar-refractivity contribution in [2.24, 2.45) is 0 Å². The third-order valence-corrected chi connectivity index (χ3v) is 7.24. The molecular weight excluding hydrogens is 440 g/mol. The van der Waals surface area contributed by atoms with Gasteiger partial charge in [0.1, 0.15) is 11.5 Å². The maximum Gasteiger partial charge on any atom is 0.343 e. The minimum absolute atomic E-state index is 0.385. The largest absolute Gasteiger partial charge is 0.423 e. The highest BCUT2D eigenvalue weighted by atomic mass is 32.2. The van der Waals surface area contributed by atoms with Gasteiger partial charge in [0.05, 0.1) is 11.1 Å². The lowest BCUT2D eigenvalue weighted by Gasteiger charge is -2.19. The van der Waals surface area contributed by atoms with Crippen LogP contribution in [0.25, 0.3) is 0 Å². The molecule has 32 heavy (non-hydrogen) atoms. The smallest absolute Gasteiger partial charge is 0.343 e. The van der Waals surface area contributed by atoms with E-state index in [-0.39, 0.29) is 11.9 Å². The van der Waals surface area contributed by atoms with Crippen LogP contribution in [-0.2, 0) is 0 Å². The first-order valence-corrected chi connectivity index (χ1v) is 11.5. The summed E-state index contributed by atoms with van der Waals surface area (Å²) in [5.41, 5.74) is 1.02. The number of esters is 2. The molecule has 0 fully saturated rings. The van der Waals surface area contributed by atoms with Gasteiger partial charge < -0.3 is 9.47 Å². The Kier molecular flexibility index (Phi) is 5.71. The second-order valence-electron chi connectivity index (χ2n) is 6.93. The predicted molar refractivity (Wildman–Crippen MR) is 124 cm³/mol. The summed E-state index contributed by atoms with van der Waals surface area (Å²) in [5, 5.41) is 0. The Labute approximate surface area is 193 Å². The summed E-state index contributed by atoms with van der Waals surface area (Å²) < 4.78 is 11.1. The summed E-state index contributed by atoms with van der Waals surface area (Å²) in [6, 6.07) is 29.0. The summed E-state index contributed by atoms with van der Waals surface area (Å²) in [4.78, 5) is 28.8. The number of ether oxygens (including phenoxy) is 2. The highest BCUT2D eigenvalue weighted by molar-refractivity contribution is 8.05. The number of carbonyl (C=O) groups excluding carboxylic acids is 2. The van der Waals surface area contributed by atoms with Crippen LogP contribution in [0.5, 0.6) is 11.5 Å². The van der Waals surface area contributed by atoms with E-state index in [1.54, 1.807) is 84.2 Å². The molecule has 5 rings (SSSR count). The summed E-state index contributed by atoms with van der Waals surface area (Å²) >= 11 is 3.18. The van der Waals surface area contributed by atoms with Crippen molar-refractivity contribution >= 4 is 35.5 Å². The van der Waals surface area contributed by atoms with E-state index in [4.69, 9.17) is 9.47 Å². The molecule has 4 nitrogen and oxygen atoms in total. The number of carbonyl (C=O) groups is 2. The van der Waals surface area contributed by atoms with Crippen molar-refractivity contribution in [3.63, 3.8) is 0 Å². The van der Waals surface area contributed by atoms with Crippen molar-refractivity contribution in [1.29, 1.82) is 0 Å². The molecule has 1 aliphatic rings. The van der Waals surface area contributed by atoms with Gasteiger partial charge in [0.15, 0.2) is 0 Å². The fourth-order valence-electron chi connectivity index (χ4n) is 3.15. The normalized spacial score (nSPS) is 11.8. The number of hydrogen-bond donors (Lipinski definition) is 0. The van der Waals surface area contributed by atoms with E-state index < -0.39 is 0 Å². The van der Waals surface area contributed by atoms with Gasteiger partial charge in [0.2, 0.25) is 0 Å². The highest BCUT2D eigenvalue weighted by Crippen LogP contribution is 2.50. The molecular formula is C26H16O4S2. The van der Waals surface area contributed by atoms with Gasteiger partial charge in [-0.2, -0.15) is 0 Å². The summed E-state index contributed by atoms with van der Waals surface area (Å²) in [5.74, 6) is 0.235. The molecule has 0 atom stereocenters. The lowest BCUT2D eigenvalue weighted by atomic mass is 10.2. The molecule has 156 valence electrons. The van der Waals surface area contributed by atoms with Gasteiger partial charge in [-0.25, -0.2) is 9.59 Å². The average Bonchev–Trinajstić information content (AvgIpc) is 2.84. The lowest BCUT2D eigenvalue weighted by molar-refractivity contribution is 0.0724. The summed E-state index contributed by atoms with van der Waals surface area (Å²) in [6.07, 6.45) is 0. The fourth-order valence-corrected chi connectivity index (χ4v) is 5.40. The topological polar surface area (TPSA) is 52.6 Å². The van der Waals surface area contributed by atoms with E-state index >= 15 is 0 Å². The van der Waals surface area contributed by atoms with Crippen LogP contribution in [-0.4, -0.2) is 11.9 Å². The molecule has 4 aromatic carbocycles. The zero-order valence-corrected chi connectivity index (χ0v) is 18.3. The molecule has 0 saturated carbocycles. The average molecular weight is 457 g/mol. The van der Waals surface area contributed by atoms with E-state index in [0.717, 1.165) is 19.6 Å². The van der Waals surface area contributed by atoms with Crippen molar-refractivity contribution in [3.8, 4) is 11.5 Å². The Hall–Kier alpha value is -3.48. The Morgan fingerprint density at radius 2 is 0.906 bits per heavy atom. The van der Waals surface area contributed by atoms with Crippen LogP contribution in [0.2, 0.25) is 0 Å². The molecule has 0 unspecified atom stereocenters. The van der Waals surface area contributed by atoms with Crippen molar-refractivity contribution in [1.82, 2.24) is 0 Å². The van der Waals surface area contributed by atoms with Crippen LogP contribution in [0.15, 0.2) is 117 Å². The van der Waals surface area contributed by atoms with Gasteiger partial charge in [-0.15, -0.1) is 0 Å². The first kappa shape index (κ1) is 20.4. The van der Waals surface area contributed by atoms with Crippen molar-refractivity contribution < 1.29 is 19.1 Å². The predicted octanol–water partition coefficient (Wildman–Crippen LogP) is 6.74.